The van der Waals surface area contributed by atoms with Crippen molar-refractivity contribution < 1.29 is 9.53 Å². The number of benzene rings is 4. The Bertz CT molecular complexity index is 1250. The van der Waals surface area contributed by atoms with Crippen LogP contribution in [0.15, 0.2) is 99.6 Å². The van der Waals surface area contributed by atoms with E-state index in [1.807, 2.05) is 38.1 Å². The van der Waals surface area contributed by atoms with E-state index in [0.29, 0.717) is 11.3 Å². The summed E-state index contributed by atoms with van der Waals surface area (Å²) in [5.41, 5.74) is 2.54. The average Bonchev–Trinajstić information content (AvgIpc) is 2.81. The first-order valence-corrected chi connectivity index (χ1v) is 14.6. The van der Waals surface area contributed by atoms with Crippen molar-refractivity contribution >= 4 is 84.6 Å². The maximum atomic E-state index is 13.1. The number of esters is 1. The number of halogens is 3. The second-order valence-electron chi connectivity index (χ2n) is 7.43. The van der Waals surface area contributed by atoms with Gasteiger partial charge in [-0.25, -0.2) is 4.79 Å². The van der Waals surface area contributed by atoms with Crippen molar-refractivity contribution in [2.45, 2.75) is 28.5 Å². The minimum absolute atomic E-state index is 0.246. The summed E-state index contributed by atoms with van der Waals surface area (Å²) in [4.78, 5) is 16.9. The number of rotatable bonds is 5. The van der Waals surface area contributed by atoms with Crippen LogP contribution in [0.5, 0.6) is 5.75 Å². The van der Waals surface area contributed by atoms with Crippen molar-refractivity contribution in [3.8, 4) is 5.75 Å². The molecule has 0 saturated carbocycles. The zero-order chi connectivity index (χ0) is 23.5. The lowest BCUT2D eigenvalue weighted by Crippen LogP contribution is -2.15. The third kappa shape index (κ3) is 5.59. The lowest BCUT2D eigenvalue weighted by molar-refractivity contribution is 0.0730. The van der Waals surface area contributed by atoms with E-state index in [1.165, 1.54) is 14.7 Å². The number of hydrogen-bond donors (Lipinski definition) is 0. The molecule has 33 heavy (non-hydrogen) atoms. The molecule has 0 aliphatic rings. The Morgan fingerprint density at radius 3 is 1.70 bits per heavy atom. The monoisotopic (exact) mass is 789 g/mol. The van der Waals surface area contributed by atoms with Gasteiger partial charge in [-0.2, -0.15) is 0 Å². The first kappa shape index (κ1) is 25.0. The quantitative estimate of drug-likeness (QED) is 0.0668. The third-order valence-corrected chi connectivity index (χ3v) is 11.2. The number of hydrogen-bond acceptors (Lipinski definition) is 2. The summed E-state index contributed by atoms with van der Waals surface area (Å²) in [6, 6.07) is 29.4. The lowest BCUT2D eigenvalue weighted by atomic mass is 10.1. The molecule has 4 rings (SSSR count). The van der Waals surface area contributed by atoms with Gasteiger partial charge in [0.25, 0.3) is 0 Å². The molecule has 166 valence electrons. The van der Waals surface area contributed by atoms with Crippen LogP contribution in [0.25, 0.3) is 0 Å². The topological polar surface area (TPSA) is 26.3 Å². The Morgan fingerprint density at radius 2 is 1.18 bits per heavy atom. The van der Waals surface area contributed by atoms with Gasteiger partial charge >= 0.3 is 5.97 Å². The van der Waals surface area contributed by atoms with Gasteiger partial charge in [-0.1, -0.05) is 36.4 Å². The van der Waals surface area contributed by atoms with Crippen LogP contribution in [0.4, 0.5) is 0 Å². The lowest BCUT2D eigenvalue weighted by Gasteiger charge is -2.15. The van der Waals surface area contributed by atoms with Gasteiger partial charge in [0, 0.05) is 22.8 Å². The zero-order valence-corrected chi connectivity index (χ0v) is 25.2. The predicted molar refractivity (Wildman–Crippen MR) is 161 cm³/mol. The van der Waals surface area contributed by atoms with Crippen LogP contribution in [0.2, 0.25) is 0 Å². The minimum atomic E-state index is -0.314. The first-order chi connectivity index (χ1) is 15.9. The second-order valence-corrected chi connectivity index (χ2v) is 12.9. The van der Waals surface area contributed by atoms with Crippen LogP contribution < -0.4 is 4.74 Å². The van der Waals surface area contributed by atoms with Crippen LogP contribution in [0, 0.1) is 24.6 Å². The molecule has 0 aliphatic carbocycles. The second kappa shape index (κ2) is 11.1. The van der Waals surface area contributed by atoms with E-state index >= 15 is 0 Å². The summed E-state index contributed by atoms with van der Waals surface area (Å²) < 4.78 is 8.83. The summed E-state index contributed by atoms with van der Waals surface area (Å²) in [6.45, 7) is 4.03. The summed E-state index contributed by atoms with van der Waals surface area (Å²) in [5, 5.41) is 0. The molecule has 6 heteroatoms. The van der Waals surface area contributed by atoms with Gasteiger partial charge in [-0.15, -0.1) is 0 Å². The molecule has 0 fully saturated rings. The molecule has 0 aliphatic heterocycles. The molecule has 0 aromatic heterocycles. The fraction of sp³-hybridized carbons (Fsp3) is 0.0741. The maximum Gasteiger partial charge on any atom is 0.345 e. The van der Waals surface area contributed by atoms with Crippen LogP contribution in [0.3, 0.4) is 0 Å². The van der Waals surface area contributed by atoms with Crippen LogP contribution in [-0.2, 0) is 10.9 Å². The molecule has 0 N–H and O–H groups in total. The molecule has 0 atom stereocenters. The highest BCUT2D eigenvalue weighted by atomic mass is 127. The molecule has 0 spiro atoms. The number of aryl methyl sites for hydroxylation is 2. The van der Waals surface area contributed by atoms with Gasteiger partial charge < -0.3 is 4.74 Å². The van der Waals surface area contributed by atoms with Crippen molar-refractivity contribution in [1.82, 2.24) is 0 Å². The largest absolute Gasteiger partial charge is 0.422 e. The summed E-state index contributed by atoms with van der Waals surface area (Å²) in [7, 11) is -0.246. The normalized spacial score (nSPS) is 11.0. The van der Waals surface area contributed by atoms with Gasteiger partial charge in [0.1, 0.15) is 5.75 Å². The van der Waals surface area contributed by atoms with E-state index in [9.17, 15) is 4.79 Å². The Labute approximate surface area is 238 Å². The minimum Gasteiger partial charge on any atom is -0.422 e. The van der Waals surface area contributed by atoms with Crippen molar-refractivity contribution in [1.29, 1.82) is 0 Å². The SMILES string of the molecule is Cc1cc([S+](c2ccccc2)c2ccccc2)cc(C)c1OC(=O)c1c(I)ccc(I)c1I. The van der Waals surface area contributed by atoms with Gasteiger partial charge in [0.2, 0.25) is 0 Å². The molecule has 2 nitrogen and oxygen atoms in total. The molecule has 4 aromatic carbocycles. The first-order valence-electron chi connectivity index (χ1n) is 10.2. The number of carbonyl (C=O) groups excluding carboxylic acids is 1. The highest BCUT2D eigenvalue weighted by Crippen LogP contribution is 2.36. The van der Waals surface area contributed by atoms with E-state index in [0.717, 1.165) is 21.8 Å². The van der Waals surface area contributed by atoms with Crippen molar-refractivity contribution in [2.75, 3.05) is 0 Å². The molecule has 0 radical (unpaired) electrons. The van der Waals surface area contributed by atoms with Gasteiger partial charge in [0.15, 0.2) is 14.7 Å². The molecule has 0 saturated heterocycles. The van der Waals surface area contributed by atoms with E-state index in [-0.39, 0.29) is 16.9 Å². The molecular formula is C27H20I3O2S+. The van der Waals surface area contributed by atoms with Gasteiger partial charge in [-0.05, 0) is 129 Å². The Morgan fingerprint density at radius 1 is 0.697 bits per heavy atom. The van der Waals surface area contributed by atoms with Crippen LogP contribution in [-0.4, -0.2) is 5.97 Å². The summed E-state index contributed by atoms with van der Waals surface area (Å²) in [6.07, 6.45) is 0. The smallest absolute Gasteiger partial charge is 0.345 e. The zero-order valence-electron chi connectivity index (χ0n) is 17.9. The van der Waals surface area contributed by atoms with Gasteiger partial charge in [-0.3, -0.25) is 0 Å². The average molecular weight is 789 g/mol. The molecule has 0 amide bonds. The van der Waals surface area contributed by atoms with E-state index in [1.54, 1.807) is 0 Å². The Hall–Kier alpha value is -1.11. The number of ether oxygens (including phenoxy) is 1. The van der Waals surface area contributed by atoms with Gasteiger partial charge in [0.05, 0.1) is 16.5 Å². The van der Waals surface area contributed by atoms with E-state index in [2.05, 4.69) is 128 Å². The van der Waals surface area contributed by atoms with Crippen molar-refractivity contribution in [3.63, 3.8) is 0 Å². The van der Waals surface area contributed by atoms with Crippen LogP contribution in [0.1, 0.15) is 21.5 Å². The molecule has 0 heterocycles. The fourth-order valence-corrected chi connectivity index (χ4v) is 8.16. The van der Waals surface area contributed by atoms with E-state index < -0.39 is 0 Å². The number of carbonyl (C=O) groups is 1. The Balaban J connectivity index is 1.74. The maximum absolute atomic E-state index is 13.1. The van der Waals surface area contributed by atoms with Crippen LogP contribution >= 0.6 is 67.8 Å². The predicted octanol–water partition coefficient (Wildman–Crippen LogP) is 8.43. The molecular weight excluding hydrogens is 769 g/mol. The fourth-order valence-electron chi connectivity index (χ4n) is 3.57. The summed E-state index contributed by atoms with van der Waals surface area (Å²) in [5.74, 6) is 0.324. The van der Waals surface area contributed by atoms with Crippen molar-refractivity contribution in [3.05, 3.63) is 112 Å². The highest BCUT2D eigenvalue weighted by molar-refractivity contribution is 14.1. The molecule has 0 unspecified atom stereocenters. The van der Waals surface area contributed by atoms with Crippen molar-refractivity contribution in [2.24, 2.45) is 0 Å². The Kier molecular flexibility index (Phi) is 8.40. The third-order valence-electron chi connectivity index (χ3n) is 5.07. The molecule has 0 bridgehead atoms. The molecule has 4 aromatic rings. The standard InChI is InChI=1S/C27H20I3O2S/c1-17-15-21(33(19-9-5-3-6-10-19)20-11-7-4-8-12-20)16-18(2)26(17)32-27(31)24-22(28)13-14-23(29)25(24)30/h3-16H,1-2H3/q+1. The summed E-state index contributed by atoms with van der Waals surface area (Å²) >= 11 is 6.67. The van der Waals surface area contributed by atoms with E-state index in [4.69, 9.17) is 4.74 Å². The highest BCUT2D eigenvalue weighted by Gasteiger charge is 2.30.